The van der Waals surface area contributed by atoms with Gasteiger partial charge >= 0.3 is 6.09 Å². The van der Waals surface area contributed by atoms with Crippen LogP contribution in [-0.4, -0.2) is 65.2 Å². The van der Waals surface area contributed by atoms with Gasteiger partial charge in [-0.15, -0.1) is 0 Å². The second kappa shape index (κ2) is 8.05. The summed E-state index contributed by atoms with van der Waals surface area (Å²) in [5.41, 5.74) is 2.31. The van der Waals surface area contributed by atoms with E-state index >= 15 is 0 Å². The normalized spacial score (nSPS) is 22.3. The lowest BCUT2D eigenvalue weighted by atomic mass is 9.91. The molecule has 3 rings (SSSR count). The Bertz CT molecular complexity index is 596. The lowest BCUT2D eigenvalue weighted by Gasteiger charge is -2.37. The van der Waals surface area contributed by atoms with Crippen LogP contribution in [0.3, 0.4) is 0 Å². The summed E-state index contributed by atoms with van der Waals surface area (Å²) >= 11 is 0. The van der Waals surface area contributed by atoms with Crippen LogP contribution in [0.1, 0.15) is 58.3 Å². The molecule has 2 fully saturated rings. The van der Waals surface area contributed by atoms with Crippen molar-refractivity contribution >= 4 is 23.6 Å². The highest BCUT2D eigenvalue weighted by atomic mass is 16.6. The van der Waals surface area contributed by atoms with Gasteiger partial charge in [-0.05, 0) is 6.42 Å². The SMILES string of the molecule is CCCCCCN1CC2(CCN(C(=O)C3=NNC(=O)CC3)CC2)OC1=O. The van der Waals surface area contributed by atoms with Crippen LogP contribution >= 0.6 is 0 Å². The van der Waals surface area contributed by atoms with Crippen molar-refractivity contribution in [1.82, 2.24) is 15.2 Å². The van der Waals surface area contributed by atoms with E-state index in [-0.39, 0.29) is 17.9 Å². The van der Waals surface area contributed by atoms with Gasteiger partial charge in [0.15, 0.2) is 0 Å². The van der Waals surface area contributed by atoms with Crippen LogP contribution in [-0.2, 0) is 14.3 Å². The summed E-state index contributed by atoms with van der Waals surface area (Å²) < 4.78 is 5.71. The third kappa shape index (κ3) is 4.16. The Morgan fingerprint density at radius 2 is 1.96 bits per heavy atom. The number of carbonyl (C=O) groups is 3. The number of hydrogen-bond donors (Lipinski definition) is 1. The Hall–Kier alpha value is -2.12. The Balaban J connectivity index is 1.49. The van der Waals surface area contributed by atoms with Gasteiger partial charge in [-0.25, -0.2) is 10.2 Å². The fraction of sp³-hybridized carbons (Fsp3) is 0.778. The first-order valence-electron chi connectivity index (χ1n) is 9.65. The van der Waals surface area contributed by atoms with Gasteiger partial charge in [-0.1, -0.05) is 26.2 Å². The molecule has 26 heavy (non-hydrogen) atoms. The van der Waals surface area contributed by atoms with E-state index in [0.717, 1.165) is 19.4 Å². The number of nitrogens with zero attached hydrogens (tertiary/aromatic N) is 3. The summed E-state index contributed by atoms with van der Waals surface area (Å²) in [6.07, 6.45) is 6.26. The number of nitrogens with one attached hydrogen (secondary N) is 1. The number of unbranched alkanes of at least 4 members (excludes halogenated alkanes) is 3. The van der Waals surface area contributed by atoms with Crippen LogP contribution in [0.15, 0.2) is 5.10 Å². The molecule has 8 heteroatoms. The van der Waals surface area contributed by atoms with Crippen molar-refractivity contribution in [2.24, 2.45) is 5.10 Å². The molecular formula is C18H28N4O4. The van der Waals surface area contributed by atoms with Crippen molar-refractivity contribution in [1.29, 1.82) is 0 Å². The number of ether oxygens (including phenoxy) is 1. The largest absolute Gasteiger partial charge is 0.441 e. The summed E-state index contributed by atoms with van der Waals surface area (Å²) in [4.78, 5) is 39.4. The maximum absolute atomic E-state index is 12.5. The standard InChI is InChI=1S/C18H28N4O4/c1-2-3-4-5-10-22-13-18(26-17(22)25)8-11-21(12-9-18)16(24)14-6-7-15(23)20-19-14/h2-13H2,1H3,(H,20,23). The molecule has 0 aliphatic carbocycles. The highest BCUT2D eigenvalue weighted by molar-refractivity contribution is 6.39. The van der Waals surface area contributed by atoms with E-state index in [1.54, 1.807) is 4.90 Å². The lowest BCUT2D eigenvalue weighted by molar-refractivity contribution is -0.127. The van der Waals surface area contributed by atoms with E-state index in [1.807, 2.05) is 4.90 Å². The van der Waals surface area contributed by atoms with E-state index in [2.05, 4.69) is 17.5 Å². The molecule has 3 heterocycles. The molecule has 0 saturated carbocycles. The molecule has 144 valence electrons. The molecule has 0 aromatic heterocycles. The zero-order chi connectivity index (χ0) is 18.6. The van der Waals surface area contributed by atoms with Crippen molar-refractivity contribution in [3.05, 3.63) is 0 Å². The summed E-state index contributed by atoms with van der Waals surface area (Å²) in [7, 11) is 0. The Morgan fingerprint density at radius 3 is 2.62 bits per heavy atom. The van der Waals surface area contributed by atoms with Crippen LogP contribution in [0.25, 0.3) is 0 Å². The number of hydrazone groups is 1. The molecular weight excluding hydrogens is 336 g/mol. The smallest absolute Gasteiger partial charge is 0.410 e. The van der Waals surface area contributed by atoms with Crippen LogP contribution < -0.4 is 5.43 Å². The molecule has 3 amide bonds. The van der Waals surface area contributed by atoms with E-state index in [1.165, 1.54) is 12.8 Å². The predicted molar refractivity (Wildman–Crippen MR) is 95.6 cm³/mol. The Labute approximate surface area is 153 Å². The molecule has 3 aliphatic heterocycles. The number of likely N-dealkylation sites (tertiary alicyclic amines) is 1. The zero-order valence-corrected chi connectivity index (χ0v) is 15.5. The topological polar surface area (TPSA) is 91.3 Å². The molecule has 3 aliphatic rings. The third-order valence-electron chi connectivity index (χ3n) is 5.44. The number of rotatable bonds is 6. The number of amides is 3. The summed E-state index contributed by atoms with van der Waals surface area (Å²) in [6.45, 7) is 4.63. The molecule has 8 nitrogen and oxygen atoms in total. The number of piperidine rings is 1. The molecule has 0 atom stereocenters. The molecule has 0 radical (unpaired) electrons. The lowest BCUT2D eigenvalue weighted by Crippen LogP contribution is -2.51. The van der Waals surface area contributed by atoms with E-state index in [9.17, 15) is 14.4 Å². The summed E-state index contributed by atoms with van der Waals surface area (Å²) in [6, 6.07) is 0. The van der Waals surface area contributed by atoms with Crippen molar-refractivity contribution < 1.29 is 19.1 Å². The molecule has 2 saturated heterocycles. The fourth-order valence-electron chi connectivity index (χ4n) is 3.78. The van der Waals surface area contributed by atoms with Gasteiger partial charge < -0.3 is 14.5 Å². The van der Waals surface area contributed by atoms with Gasteiger partial charge in [0.05, 0.1) is 6.54 Å². The number of hydrogen-bond acceptors (Lipinski definition) is 5. The van der Waals surface area contributed by atoms with Gasteiger partial charge in [0.2, 0.25) is 5.91 Å². The van der Waals surface area contributed by atoms with E-state index < -0.39 is 5.60 Å². The average Bonchev–Trinajstić information content (AvgIpc) is 2.94. The molecule has 0 aromatic rings. The van der Waals surface area contributed by atoms with Crippen molar-refractivity contribution in [2.75, 3.05) is 26.2 Å². The quantitative estimate of drug-likeness (QED) is 0.726. The summed E-state index contributed by atoms with van der Waals surface area (Å²) in [5.74, 6) is -0.281. The van der Waals surface area contributed by atoms with Gasteiger partial charge in [0, 0.05) is 45.3 Å². The maximum Gasteiger partial charge on any atom is 0.410 e. The van der Waals surface area contributed by atoms with Gasteiger partial charge in [0.25, 0.3) is 5.91 Å². The summed E-state index contributed by atoms with van der Waals surface area (Å²) in [5, 5.41) is 3.88. The fourth-order valence-corrected chi connectivity index (χ4v) is 3.78. The first-order chi connectivity index (χ1) is 12.5. The van der Waals surface area contributed by atoms with Gasteiger partial charge in [-0.3, -0.25) is 9.59 Å². The zero-order valence-electron chi connectivity index (χ0n) is 15.5. The average molecular weight is 364 g/mol. The first-order valence-corrected chi connectivity index (χ1v) is 9.65. The van der Waals surface area contributed by atoms with Gasteiger partial charge in [-0.2, -0.15) is 5.10 Å². The molecule has 0 bridgehead atoms. The van der Waals surface area contributed by atoms with Crippen LogP contribution in [0.2, 0.25) is 0 Å². The monoisotopic (exact) mass is 364 g/mol. The first kappa shape index (κ1) is 18.7. The van der Waals surface area contributed by atoms with Crippen molar-refractivity contribution in [2.45, 2.75) is 63.9 Å². The minimum absolute atomic E-state index is 0.124. The minimum Gasteiger partial charge on any atom is -0.441 e. The van der Waals surface area contributed by atoms with Crippen molar-refractivity contribution in [3.63, 3.8) is 0 Å². The third-order valence-corrected chi connectivity index (χ3v) is 5.44. The Kier molecular flexibility index (Phi) is 5.78. The van der Waals surface area contributed by atoms with Crippen LogP contribution in [0, 0.1) is 0 Å². The van der Waals surface area contributed by atoms with E-state index in [4.69, 9.17) is 4.74 Å². The molecule has 0 aromatic carbocycles. The Morgan fingerprint density at radius 1 is 1.19 bits per heavy atom. The number of carbonyl (C=O) groups excluding carboxylic acids is 3. The van der Waals surface area contributed by atoms with E-state index in [0.29, 0.717) is 51.0 Å². The maximum atomic E-state index is 12.5. The minimum atomic E-state index is -0.457. The van der Waals surface area contributed by atoms with Crippen LogP contribution in [0.4, 0.5) is 4.79 Å². The predicted octanol–water partition coefficient (Wildman–Crippen LogP) is 1.65. The molecule has 1 spiro atoms. The van der Waals surface area contributed by atoms with Crippen LogP contribution in [0.5, 0.6) is 0 Å². The molecule has 0 unspecified atom stereocenters. The molecule has 1 N–H and O–H groups in total. The second-order valence-corrected chi connectivity index (χ2v) is 7.42. The van der Waals surface area contributed by atoms with Gasteiger partial charge in [0.1, 0.15) is 11.3 Å². The van der Waals surface area contributed by atoms with Crippen molar-refractivity contribution in [3.8, 4) is 0 Å². The highest BCUT2D eigenvalue weighted by Gasteiger charge is 2.47. The highest BCUT2D eigenvalue weighted by Crippen LogP contribution is 2.33. The second-order valence-electron chi connectivity index (χ2n) is 7.42.